The van der Waals surface area contributed by atoms with Crippen LogP contribution in [0.1, 0.15) is 34.7 Å². The highest BCUT2D eigenvalue weighted by Crippen LogP contribution is 2.36. The smallest absolute Gasteiger partial charge is 0.237 e. The summed E-state index contributed by atoms with van der Waals surface area (Å²) in [5, 5.41) is 16.4. The van der Waals surface area contributed by atoms with Gasteiger partial charge in [-0.25, -0.2) is 0 Å². The zero-order valence-electron chi connectivity index (χ0n) is 18.4. The molecule has 2 atom stereocenters. The van der Waals surface area contributed by atoms with Crippen LogP contribution in [0.4, 0.5) is 5.69 Å². The van der Waals surface area contributed by atoms with Crippen LogP contribution in [0.25, 0.3) is 0 Å². The van der Waals surface area contributed by atoms with Crippen LogP contribution in [0.5, 0.6) is 5.75 Å². The van der Waals surface area contributed by atoms with Gasteiger partial charge >= 0.3 is 0 Å². The summed E-state index contributed by atoms with van der Waals surface area (Å²) in [5.74, 6) is 0.0769. The molecule has 0 spiro atoms. The first-order chi connectivity index (χ1) is 15.4. The van der Waals surface area contributed by atoms with E-state index in [-0.39, 0.29) is 17.7 Å². The standard InChI is InChI=1S/C26H29N3O2S/c1-16-12-18(30)13-17(2)21(16)15-23(27)26(31)29-25-10-11-28-24-9-8-20(14-22(24)25)32-19-6-4-3-5-7-19/h3-9,12-14,23,25,28,30H,10-11,15,27H2,1-2H3,(H,29,31)/t23-,25+/m0/s1. The molecule has 3 aromatic carbocycles. The molecule has 0 bridgehead atoms. The van der Waals surface area contributed by atoms with Gasteiger partial charge in [0.05, 0.1) is 12.1 Å². The zero-order valence-corrected chi connectivity index (χ0v) is 19.2. The van der Waals surface area contributed by atoms with E-state index >= 15 is 0 Å². The third-order valence-electron chi connectivity index (χ3n) is 5.88. The van der Waals surface area contributed by atoms with E-state index in [9.17, 15) is 9.90 Å². The van der Waals surface area contributed by atoms with Crippen LogP contribution in [0.15, 0.2) is 70.5 Å². The van der Waals surface area contributed by atoms with Crippen molar-refractivity contribution in [3.8, 4) is 5.75 Å². The van der Waals surface area contributed by atoms with Crippen LogP contribution >= 0.6 is 11.8 Å². The summed E-state index contributed by atoms with van der Waals surface area (Å²) in [7, 11) is 0. The van der Waals surface area contributed by atoms with Gasteiger partial charge in [-0.3, -0.25) is 4.79 Å². The molecule has 1 amide bonds. The first-order valence-corrected chi connectivity index (χ1v) is 11.7. The molecule has 0 fully saturated rings. The lowest BCUT2D eigenvalue weighted by Gasteiger charge is -2.29. The number of amides is 1. The minimum atomic E-state index is -0.655. The summed E-state index contributed by atoms with van der Waals surface area (Å²) in [6, 6.07) is 19.3. The number of carbonyl (C=O) groups excluding carboxylic acids is 1. The number of benzene rings is 3. The Morgan fingerprint density at radius 3 is 2.56 bits per heavy atom. The van der Waals surface area contributed by atoms with Crippen molar-refractivity contribution in [2.24, 2.45) is 5.73 Å². The summed E-state index contributed by atoms with van der Waals surface area (Å²) in [4.78, 5) is 15.3. The van der Waals surface area contributed by atoms with Gasteiger partial charge in [-0.2, -0.15) is 0 Å². The number of phenolic OH excluding ortho intramolecular Hbond substituents is 1. The molecule has 0 radical (unpaired) electrons. The molecule has 0 saturated carbocycles. The number of hydrogen-bond acceptors (Lipinski definition) is 5. The van der Waals surface area contributed by atoms with E-state index in [0.717, 1.165) is 45.8 Å². The first-order valence-electron chi connectivity index (χ1n) is 10.9. The molecule has 5 N–H and O–H groups in total. The maximum atomic E-state index is 13.0. The van der Waals surface area contributed by atoms with Crippen molar-refractivity contribution in [3.63, 3.8) is 0 Å². The Labute approximate surface area is 193 Å². The van der Waals surface area contributed by atoms with Crippen molar-refractivity contribution >= 4 is 23.4 Å². The van der Waals surface area contributed by atoms with Crippen molar-refractivity contribution in [1.29, 1.82) is 0 Å². The highest BCUT2D eigenvalue weighted by Gasteiger charge is 2.25. The fraction of sp³-hybridized carbons (Fsp3) is 0.269. The number of phenols is 1. The minimum Gasteiger partial charge on any atom is -0.508 e. The average molecular weight is 448 g/mol. The number of nitrogens with two attached hydrogens (primary N) is 1. The third kappa shape index (κ3) is 5.09. The van der Waals surface area contributed by atoms with E-state index in [2.05, 4.69) is 41.0 Å². The summed E-state index contributed by atoms with van der Waals surface area (Å²) in [6.45, 7) is 4.66. The highest BCUT2D eigenvalue weighted by atomic mass is 32.2. The summed E-state index contributed by atoms with van der Waals surface area (Å²) >= 11 is 1.71. The Morgan fingerprint density at radius 1 is 1.12 bits per heavy atom. The van der Waals surface area contributed by atoms with Crippen LogP contribution in [0, 0.1) is 13.8 Å². The SMILES string of the molecule is Cc1cc(O)cc(C)c1C[C@H](N)C(=O)N[C@@H]1CCNc2ccc(Sc3ccccc3)cc21. The van der Waals surface area contributed by atoms with Gasteiger partial charge in [0.15, 0.2) is 0 Å². The molecule has 0 aromatic heterocycles. The Kier molecular flexibility index (Phi) is 6.72. The number of fused-ring (bicyclic) bond motifs is 1. The number of anilines is 1. The number of nitrogens with one attached hydrogen (secondary N) is 2. The molecule has 32 heavy (non-hydrogen) atoms. The Balaban J connectivity index is 1.48. The fourth-order valence-corrected chi connectivity index (χ4v) is 5.11. The van der Waals surface area contributed by atoms with Crippen molar-refractivity contribution in [2.75, 3.05) is 11.9 Å². The lowest BCUT2D eigenvalue weighted by molar-refractivity contribution is -0.123. The van der Waals surface area contributed by atoms with E-state index in [1.165, 1.54) is 4.90 Å². The summed E-state index contributed by atoms with van der Waals surface area (Å²) < 4.78 is 0. The van der Waals surface area contributed by atoms with Crippen LogP contribution in [-0.2, 0) is 11.2 Å². The molecule has 5 nitrogen and oxygen atoms in total. The van der Waals surface area contributed by atoms with E-state index in [0.29, 0.717) is 6.42 Å². The molecule has 1 aliphatic rings. The third-order valence-corrected chi connectivity index (χ3v) is 6.88. The molecule has 1 aliphatic heterocycles. The quantitative estimate of drug-likeness (QED) is 0.440. The lowest BCUT2D eigenvalue weighted by Crippen LogP contribution is -2.44. The Bertz CT molecular complexity index is 1090. The second-order valence-corrected chi connectivity index (χ2v) is 9.46. The molecular formula is C26H29N3O2S. The molecule has 0 aliphatic carbocycles. The monoisotopic (exact) mass is 447 g/mol. The van der Waals surface area contributed by atoms with Crippen LogP contribution < -0.4 is 16.4 Å². The average Bonchev–Trinajstić information content (AvgIpc) is 2.77. The molecule has 3 aromatic rings. The zero-order chi connectivity index (χ0) is 22.7. The number of aromatic hydroxyl groups is 1. The number of hydrogen-bond donors (Lipinski definition) is 4. The largest absolute Gasteiger partial charge is 0.508 e. The fourth-order valence-electron chi connectivity index (χ4n) is 4.22. The van der Waals surface area contributed by atoms with Gasteiger partial charge in [0.1, 0.15) is 5.75 Å². The highest BCUT2D eigenvalue weighted by molar-refractivity contribution is 7.99. The Hall–Kier alpha value is -2.96. The van der Waals surface area contributed by atoms with Crippen molar-refractivity contribution < 1.29 is 9.90 Å². The van der Waals surface area contributed by atoms with Crippen molar-refractivity contribution in [1.82, 2.24) is 5.32 Å². The van der Waals surface area contributed by atoms with Gasteiger partial charge in [0.2, 0.25) is 5.91 Å². The first kappa shape index (κ1) is 22.2. The Morgan fingerprint density at radius 2 is 1.84 bits per heavy atom. The van der Waals surface area contributed by atoms with Crippen LogP contribution in [-0.4, -0.2) is 23.6 Å². The van der Waals surface area contributed by atoms with E-state index in [1.807, 2.05) is 32.0 Å². The van der Waals surface area contributed by atoms with Gasteiger partial charge < -0.3 is 21.5 Å². The predicted octanol–water partition coefficient (Wildman–Crippen LogP) is 4.70. The normalized spacial score (nSPS) is 16.0. The van der Waals surface area contributed by atoms with Gasteiger partial charge in [0, 0.05) is 22.0 Å². The summed E-state index contributed by atoms with van der Waals surface area (Å²) in [5.41, 5.74) is 11.3. The molecule has 1 heterocycles. The molecule has 0 unspecified atom stereocenters. The summed E-state index contributed by atoms with van der Waals surface area (Å²) in [6.07, 6.45) is 1.24. The van der Waals surface area contributed by atoms with Crippen molar-refractivity contribution in [2.45, 2.75) is 48.6 Å². The molecular weight excluding hydrogens is 418 g/mol. The lowest BCUT2D eigenvalue weighted by atomic mass is 9.94. The predicted molar refractivity (Wildman–Crippen MR) is 130 cm³/mol. The number of rotatable bonds is 6. The number of carbonyl (C=O) groups is 1. The van der Waals surface area contributed by atoms with Gasteiger partial charge in [-0.15, -0.1) is 0 Å². The van der Waals surface area contributed by atoms with Gasteiger partial charge in [-0.05, 0) is 91.4 Å². The van der Waals surface area contributed by atoms with Gasteiger partial charge in [-0.1, -0.05) is 30.0 Å². The van der Waals surface area contributed by atoms with E-state index < -0.39 is 6.04 Å². The van der Waals surface area contributed by atoms with E-state index in [1.54, 1.807) is 23.9 Å². The maximum Gasteiger partial charge on any atom is 0.237 e. The molecule has 4 rings (SSSR count). The topological polar surface area (TPSA) is 87.4 Å². The number of aryl methyl sites for hydroxylation is 2. The molecule has 166 valence electrons. The van der Waals surface area contributed by atoms with Crippen LogP contribution in [0.2, 0.25) is 0 Å². The second-order valence-electron chi connectivity index (χ2n) is 8.31. The molecule has 6 heteroatoms. The minimum absolute atomic E-state index is 0.0804. The van der Waals surface area contributed by atoms with Crippen LogP contribution in [0.3, 0.4) is 0 Å². The second kappa shape index (κ2) is 9.67. The maximum absolute atomic E-state index is 13.0. The molecule has 0 saturated heterocycles. The van der Waals surface area contributed by atoms with E-state index in [4.69, 9.17) is 5.73 Å². The van der Waals surface area contributed by atoms with Crippen molar-refractivity contribution in [3.05, 3.63) is 82.9 Å². The van der Waals surface area contributed by atoms with Gasteiger partial charge in [0.25, 0.3) is 0 Å².